The lowest BCUT2D eigenvalue weighted by molar-refractivity contribution is 0.630. The average molecular weight is 206 g/mol. The molecule has 14 heavy (non-hydrogen) atoms. The van der Waals surface area contributed by atoms with Crippen LogP contribution in [0.4, 0.5) is 9.39 Å². The number of benzene rings is 1. The van der Waals surface area contributed by atoms with Crippen LogP contribution >= 0.6 is 11.3 Å². The highest BCUT2D eigenvalue weighted by molar-refractivity contribution is 7.22. The van der Waals surface area contributed by atoms with Crippen LogP contribution in [0.2, 0.25) is 0 Å². The van der Waals surface area contributed by atoms with Gasteiger partial charge >= 0.3 is 0 Å². The van der Waals surface area contributed by atoms with E-state index in [-0.39, 0.29) is 12.2 Å². The summed E-state index contributed by atoms with van der Waals surface area (Å²) in [6.07, 6.45) is 0.275. The summed E-state index contributed by atoms with van der Waals surface area (Å²) in [7, 11) is 0. The van der Waals surface area contributed by atoms with Crippen LogP contribution in [0.25, 0.3) is 10.1 Å². The maximum Gasteiger partial charge on any atom is 0.124 e. The molecular formula is C10H7FN2S. The molecule has 4 heteroatoms. The third kappa shape index (κ3) is 1.32. The number of halogens is 1. The second-order valence-corrected chi connectivity index (χ2v) is 4.00. The van der Waals surface area contributed by atoms with Crippen LogP contribution in [0, 0.1) is 17.1 Å². The fraction of sp³-hybridized carbons (Fsp3) is 0.100. The van der Waals surface area contributed by atoms with Crippen molar-refractivity contribution in [2.24, 2.45) is 0 Å². The Labute approximate surface area is 84.4 Å². The topological polar surface area (TPSA) is 49.8 Å². The second-order valence-electron chi connectivity index (χ2n) is 2.92. The van der Waals surface area contributed by atoms with E-state index in [0.717, 1.165) is 15.6 Å². The number of hydrogen-bond donors (Lipinski definition) is 1. The van der Waals surface area contributed by atoms with Crippen LogP contribution in [0.5, 0.6) is 0 Å². The molecule has 2 aromatic rings. The van der Waals surface area contributed by atoms with Crippen molar-refractivity contribution in [1.29, 1.82) is 5.26 Å². The molecule has 70 valence electrons. The quantitative estimate of drug-likeness (QED) is 0.779. The predicted octanol–water partition coefficient (Wildman–Crippen LogP) is 2.69. The van der Waals surface area contributed by atoms with Gasteiger partial charge in [-0.1, -0.05) is 6.07 Å². The Kier molecular flexibility index (Phi) is 2.10. The van der Waals surface area contributed by atoms with E-state index in [1.54, 1.807) is 6.07 Å². The van der Waals surface area contributed by atoms with E-state index >= 15 is 0 Å². The van der Waals surface area contributed by atoms with Gasteiger partial charge in [0.15, 0.2) is 0 Å². The molecule has 2 nitrogen and oxygen atoms in total. The first-order valence-electron chi connectivity index (χ1n) is 4.05. The third-order valence-corrected chi connectivity index (χ3v) is 3.07. The minimum absolute atomic E-state index is 0.275. The number of hydrogen-bond acceptors (Lipinski definition) is 3. The van der Waals surface area contributed by atoms with Crippen LogP contribution < -0.4 is 5.73 Å². The molecule has 1 aromatic heterocycles. The van der Waals surface area contributed by atoms with Crippen LogP contribution in [0.15, 0.2) is 18.2 Å². The summed E-state index contributed by atoms with van der Waals surface area (Å²) in [4.78, 5) is 0. The Morgan fingerprint density at radius 2 is 2.29 bits per heavy atom. The number of rotatable bonds is 1. The maximum atomic E-state index is 12.9. The molecule has 0 aliphatic carbocycles. The van der Waals surface area contributed by atoms with Crippen molar-refractivity contribution in [2.45, 2.75) is 6.42 Å². The molecule has 1 heterocycles. The van der Waals surface area contributed by atoms with Crippen molar-refractivity contribution in [3.8, 4) is 6.07 Å². The summed E-state index contributed by atoms with van der Waals surface area (Å²) in [5.41, 5.74) is 6.55. The summed E-state index contributed by atoms with van der Waals surface area (Å²) in [5.74, 6) is -0.276. The van der Waals surface area contributed by atoms with Gasteiger partial charge in [0.25, 0.3) is 0 Å². The highest BCUT2D eigenvalue weighted by Crippen LogP contribution is 2.33. The van der Waals surface area contributed by atoms with Crippen molar-refractivity contribution in [3.63, 3.8) is 0 Å². The Morgan fingerprint density at radius 1 is 1.50 bits per heavy atom. The fourth-order valence-electron chi connectivity index (χ4n) is 1.40. The Hall–Kier alpha value is -1.60. The van der Waals surface area contributed by atoms with Crippen molar-refractivity contribution < 1.29 is 4.39 Å². The van der Waals surface area contributed by atoms with E-state index < -0.39 is 0 Å². The number of nitrogens with zero attached hydrogens (tertiary/aromatic N) is 1. The molecule has 0 aliphatic rings. The lowest BCUT2D eigenvalue weighted by Gasteiger charge is -1.93. The predicted molar refractivity (Wildman–Crippen MR) is 55.5 cm³/mol. The third-order valence-electron chi connectivity index (χ3n) is 2.04. The molecule has 0 saturated carbocycles. The molecule has 0 fully saturated rings. The van der Waals surface area contributed by atoms with E-state index in [1.807, 2.05) is 0 Å². The Bertz CT molecular complexity index is 525. The SMILES string of the molecule is N#CCc1c(N)sc2cc(F)ccc12. The smallest absolute Gasteiger partial charge is 0.124 e. The van der Waals surface area contributed by atoms with Gasteiger partial charge in [0.2, 0.25) is 0 Å². The molecular weight excluding hydrogens is 199 g/mol. The zero-order valence-electron chi connectivity index (χ0n) is 7.25. The van der Waals surface area contributed by atoms with E-state index in [2.05, 4.69) is 6.07 Å². The molecule has 2 rings (SSSR count). The lowest BCUT2D eigenvalue weighted by atomic mass is 10.1. The summed E-state index contributed by atoms with van der Waals surface area (Å²) >= 11 is 1.32. The van der Waals surface area contributed by atoms with Crippen LogP contribution in [-0.4, -0.2) is 0 Å². The van der Waals surface area contributed by atoms with Gasteiger partial charge in [0.05, 0.1) is 17.5 Å². The second kappa shape index (κ2) is 3.28. The number of thiophene rings is 1. The number of anilines is 1. The highest BCUT2D eigenvalue weighted by Gasteiger charge is 2.09. The van der Waals surface area contributed by atoms with Gasteiger partial charge in [-0.2, -0.15) is 5.26 Å². The summed E-state index contributed by atoms with van der Waals surface area (Å²) in [5, 5.41) is 10.1. The molecule has 0 saturated heterocycles. The number of nitriles is 1. The molecule has 0 bridgehead atoms. The molecule has 1 aromatic carbocycles. The van der Waals surface area contributed by atoms with E-state index in [1.165, 1.54) is 23.5 Å². The minimum atomic E-state index is -0.276. The van der Waals surface area contributed by atoms with Gasteiger partial charge < -0.3 is 5.73 Å². The Morgan fingerprint density at radius 3 is 3.00 bits per heavy atom. The normalized spacial score (nSPS) is 10.3. The number of nitrogen functional groups attached to an aromatic ring is 1. The van der Waals surface area contributed by atoms with Crippen molar-refractivity contribution >= 4 is 26.4 Å². The molecule has 0 spiro atoms. The molecule has 0 unspecified atom stereocenters. The maximum absolute atomic E-state index is 12.9. The van der Waals surface area contributed by atoms with Gasteiger partial charge in [-0.05, 0) is 17.5 Å². The molecule has 2 N–H and O–H groups in total. The zero-order chi connectivity index (χ0) is 10.1. The molecule has 0 aliphatic heterocycles. The van der Waals surface area contributed by atoms with Gasteiger partial charge in [-0.15, -0.1) is 11.3 Å². The van der Waals surface area contributed by atoms with Gasteiger partial charge in [0.1, 0.15) is 5.82 Å². The van der Waals surface area contributed by atoms with Gasteiger partial charge in [-0.25, -0.2) is 4.39 Å². The largest absolute Gasteiger partial charge is 0.390 e. The molecule has 0 atom stereocenters. The first kappa shape index (κ1) is 8.97. The Balaban J connectivity index is 2.72. The van der Waals surface area contributed by atoms with Crippen molar-refractivity contribution in [3.05, 3.63) is 29.6 Å². The summed E-state index contributed by atoms with van der Waals surface area (Å²) in [6, 6.07) is 6.55. The van der Waals surface area contributed by atoms with Crippen molar-refractivity contribution in [2.75, 3.05) is 5.73 Å². The fourth-order valence-corrected chi connectivity index (χ4v) is 2.42. The molecule has 0 amide bonds. The van der Waals surface area contributed by atoms with E-state index in [9.17, 15) is 4.39 Å². The lowest BCUT2D eigenvalue weighted by Crippen LogP contribution is -1.87. The minimum Gasteiger partial charge on any atom is -0.390 e. The standard InChI is InChI=1S/C10H7FN2S/c11-6-1-2-7-8(3-4-12)10(13)14-9(7)5-6/h1-2,5H,3,13H2. The number of fused-ring (bicyclic) bond motifs is 1. The van der Waals surface area contributed by atoms with Crippen LogP contribution in [0.1, 0.15) is 5.56 Å². The highest BCUT2D eigenvalue weighted by atomic mass is 32.1. The van der Waals surface area contributed by atoms with E-state index in [0.29, 0.717) is 5.00 Å². The monoisotopic (exact) mass is 206 g/mol. The average Bonchev–Trinajstić information content (AvgIpc) is 2.43. The van der Waals surface area contributed by atoms with E-state index in [4.69, 9.17) is 11.0 Å². The summed E-state index contributed by atoms with van der Waals surface area (Å²) in [6.45, 7) is 0. The van der Waals surface area contributed by atoms with Gasteiger partial charge in [0, 0.05) is 10.3 Å². The first-order valence-corrected chi connectivity index (χ1v) is 4.87. The van der Waals surface area contributed by atoms with Crippen molar-refractivity contribution in [1.82, 2.24) is 0 Å². The molecule has 0 radical (unpaired) electrons. The first-order chi connectivity index (χ1) is 6.72. The van der Waals surface area contributed by atoms with Crippen LogP contribution in [-0.2, 0) is 6.42 Å². The summed E-state index contributed by atoms with van der Waals surface area (Å²) < 4.78 is 13.7. The van der Waals surface area contributed by atoms with Crippen LogP contribution in [0.3, 0.4) is 0 Å². The number of nitrogens with two attached hydrogens (primary N) is 1. The zero-order valence-corrected chi connectivity index (χ0v) is 8.07. The van der Waals surface area contributed by atoms with Gasteiger partial charge in [-0.3, -0.25) is 0 Å².